The first kappa shape index (κ1) is 29.1. The third-order valence-corrected chi connectivity index (χ3v) is 11.0. The Balaban J connectivity index is 3.60. The largest absolute Gasteiger partial charge is 0.500 e. The van der Waals surface area contributed by atoms with E-state index < -0.39 is 23.5 Å². The van der Waals surface area contributed by atoms with Gasteiger partial charge in [0.25, 0.3) is 0 Å². The van der Waals surface area contributed by atoms with Gasteiger partial charge in [0.05, 0.1) is 18.9 Å². The van der Waals surface area contributed by atoms with Crippen LogP contribution >= 0.6 is 0 Å². The first-order valence-electron chi connectivity index (χ1n) is 10.3. The molecule has 0 bridgehead atoms. The molecule has 0 heterocycles. The zero-order valence-electron chi connectivity index (χ0n) is 18.9. The van der Waals surface area contributed by atoms with Gasteiger partial charge in [0, 0.05) is 48.2 Å². The van der Waals surface area contributed by atoms with Gasteiger partial charge in [-0.1, -0.05) is 0 Å². The molecule has 0 aliphatic rings. The number of rotatable bonds is 21. The Labute approximate surface area is 178 Å². The van der Waals surface area contributed by atoms with Crippen LogP contribution in [0.15, 0.2) is 0 Å². The number of ether oxygens (including phenoxy) is 1. The van der Waals surface area contributed by atoms with Crippen molar-refractivity contribution in [2.24, 2.45) is 0 Å². The molecular weight excluding hydrogens is 414 g/mol. The quantitative estimate of drug-likeness (QED) is 0.172. The van der Waals surface area contributed by atoms with E-state index in [4.69, 9.17) is 26.9 Å². The molecule has 1 unspecified atom stereocenters. The standard InChI is InChI=1S/C18H43NO8Si2/c1-22-28(17-20,23-2)14-8-12-19-11-7-6-10-18(21)16-27-13-9-15-29(24-3,25-4)26-5/h18-21H,6-17H2,1-5H3. The molecule has 0 saturated carbocycles. The van der Waals surface area contributed by atoms with E-state index >= 15 is 0 Å². The molecule has 0 aliphatic heterocycles. The predicted molar refractivity (Wildman–Crippen MR) is 116 cm³/mol. The summed E-state index contributed by atoms with van der Waals surface area (Å²) in [6.07, 6.45) is 3.88. The van der Waals surface area contributed by atoms with E-state index in [1.54, 1.807) is 35.5 Å². The van der Waals surface area contributed by atoms with Crippen LogP contribution in [0.3, 0.4) is 0 Å². The van der Waals surface area contributed by atoms with Gasteiger partial charge in [0.1, 0.15) is 0 Å². The van der Waals surface area contributed by atoms with Crippen molar-refractivity contribution >= 4 is 17.4 Å². The van der Waals surface area contributed by atoms with Crippen molar-refractivity contribution in [3.8, 4) is 0 Å². The second-order valence-electron chi connectivity index (χ2n) is 6.95. The fourth-order valence-electron chi connectivity index (χ4n) is 2.98. The molecule has 3 N–H and O–H groups in total. The number of aliphatic hydroxyl groups is 2. The predicted octanol–water partition coefficient (Wildman–Crippen LogP) is 1.05. The minimum absolute atomic E-state index is 0.0199. The lowest BCUT2D eigenvalue weighted by molar-refractivity contribution is 0.0297. The molecule has 9 nitrogen and oxygen atoms in total. The minimum atomic E-state index is -2.53. The molecule has 1 atom stereocenters. The van der Waals surface area contributed by atoms with Crippen molar-refractivity contribution in [2.75, 3.05) is 68.1 Å². The maximum atomic E-state index is 10.0. The summed E-state index contributed by atoms with van der Waals surface area (Å²) in [5.74, 6) is 0. The first-order valence-corrected chi connectivity index (χ1v) is 14.5. The van der Waals surface area contributed by atoms with Crippen LogP contribution in [0, 0.1) is 0 Å². The zero-order chi connectivity index (χ0) is 22.0. The number of hydrogen-bond acceptors (Lipinski definition) is 9. The normalized spacial score (nSPS) is 13.8. The van der Waals surface area contributed by atoms with Gasteiger partial charge >= 0.3 is 17.4 Å². The van der Waals surface area contributed by atoms with E-state index in [9.17, 15) is 10.2 Å². The zero-order valence-corrected chi connectivity index (χ0v) is 20.9. The highest BCUT2D eigenvalue weighted by atomic mass is 28.4. The second-order valence-corrected chi connectivity index (χ2v) is 13.5. The number of aliphatic hydroxyl groups excluding tert-OH is 2. The number of unbranched alkanes of at least 4 members (excludes halogenated alkanes) is 1. The van der Waals surface area contributed by atoms with Crippen molar-refractivity contribution in [3.05, 3.63) is 0 Å². The SMILES string of the molecule is CO[Si](CO)(CCCNCCCCC(O)COCCC[Si](OC)(OC)OC)OC. The van der Waals surface area contributed by atoms with Crippen molar-refractivity contribution in [1.82, 2.24) is 5.32 Å². The van der Waals surface area contributed by atoms with Gasteiger partial charge in [0.2, 0.25) is 0 Å². The molecule has 11 heteroatoms. The summed E-state index contributed by atoms with van der Waals surface area (Å²) >= 11 is 0. The maximum Gasteiger partial charge on any atom is 0.500 e. The number of hydrogen-bond donors (Lipinski definition) is 3. The van der Waals surface area contributed by atoms with Gasteiger partial charge in [-0.2, -0.15) is 0 Å². The Morgan fingerprint density at radius 2 is 1.41 bits per heavy atom. The highest BCUT2D eigenvalue weighted by molar-refractivity contribution is 6.67. The van der Waals surface area contributed by atoms with Crippen LogP contribution in [0.4, 0.5) is 0 Å². The van der Waals surface area contributed by atoms with E-state index in [0.717, 1.165) is 51.2 Å². The van der Waals surface area contributed by atoms with E-state index in [-0.39, 0.29) is 6.23 Å². The summed E-state index contributed by atoms with van der Waals surface area (Å²) in [5, 5.41) is 22.8. The maximum absolute atomic E-state index is 10.0. The third kappa shape index (κ3) is 12.5. The Bertz CT molecular complexity index is 357. The molecule has 0 amide bonds. The van der Waals surface area contributed by atoms with E-state index in [1.165, 1.54) is 0 Å². The molecule has 0 aromatic rings. The third-order valence-electron chi connectivity index (χ3n) is 5.05. The van der Waals surface area contributed by atoms with Crippen molar-refractivity contribution in [3.63, 3.8) is 0 Å². The average Bonchev–Trinajstić information content (AvgIpc) is 2.76. The molecule has 176 valence electrons. The lowest BCUT2D eigenvalue weighted by atomic mass is 10.1. The summed E-state index contributed by atoms with van der Waals surface area (Å²) in [6, 6.07) is 1.46. The smallest absolute Gasteiger partial charge is 0.396 e. The topological polar surface area (TPSA) is 108 Å². The highest BCUT2D eigenvalue weighted by Crippen LogP contribution is 2.15. The molecule has 0 aliphatic carbocycles. The molecule has 0 saturated heterocycles. The lowest BCUT2D eigenvalue weighted by Crippen LogP contribution is -2.45. The molecular formula is C18H43NO8Si2. The Morgan fingerprint density at radius 3 is 1.97 bits per heavy atom. The van der Waals surface area contributed by atoms with Gasteiger partial charge in [-0.3, -0.25) is 0 Å². The van der Waals surface area contributed by atoms with Gasteiger partial charge in [-0.05, 0) is 51.2 Å². The fourth-order valence-corrected chi connectivity index (χ4v) is 6.38. The summed E-state index contributed by atoms with van der Waals surface area (Å²) in [6.45, 7) is 2.66. The van der Waals surface area contributed by atoms with Crippen LogP contribution in [0.1, 0.15) is 32.1 Å². The van der Waals surface area contributed by atoms with Crippen LogP contribution in [0.5, 0.6) is 0 Å². The second kappa shape index (κ2) is 17.7. The van der Waals surface area contributed by atoms with Crippen LogP contribution in [-0.4, -0.2) is 102 Å². The van der Waals surface area contributed by atoms with Crippen molar-refractivity contribution < 1.29 is 37.1 Å². The van der Waals surface area contributed by atoms with E-state index in [0.29, 0.717) is 19.3 Å². The number of nitrogens with one attached hydrogen (secondary N) is 1. The molecule has 0 radical (unpaired) electrons. The van der Waals surface area contributed by atoms with Crippen LogP contribution < -0.4 is 5.32 Å². The van der Waals surface area contributed by atoms with Crippen molar-refractivity contribution in [1.29, 1.82) is 0 Å². The Hall–Kier alpha value is 0.0738. The van der Waals surface area contributed by atoms with Gasteiger partial charge < -0.3 is 42.4 Å². The van der Waals surface area contributed by atoms with Crippen molar-refractivity contribution in [2.45, 2.75) is 50.3 Å². The van der Waals surface area contributed by atoms with Crippen LogP contribution in [0.2, 0.25) is 12.1 Å². The molecule has 0 spiro atoms. The fraction of sp³-hybridized carbons (Fsp3) is 1.00. The first-order chi connectivity index (χ1) is 14.0. The summed E-state index contributed by atoms with van der Waals surface area (Å²) < 4.78 is 32.4. The Morgan fingerprint density at radius 1 is 0.793 bits per heavy atom. The summed E-state index contributed by atoms with van der Waals surface area (Å²) in [5.41, 5.74) is 0. The van der Waals surface area contributed by atoms with Gasteiger partial charge in [-0.15, -0.1) is 0 Å². The summed E-state index contributed by atoms with van der Waals surface area (Å²) in [4.78, 5) is 0. The molecule has 29 heavy (non-hydrogen) atoms. The molecule has 0 fully saturated rings. The molecule has 0 aromatic carbocycles. The summed E-state index contributed by atoms with van der Waals surface area (Å²) in [7, 11) is 3.08. The monoisotopic (exact) mass is 457 g/mol. The average molecular weight is 458 g/mol. The molecule has 0 rings (SSSR count). The highest BCUT2D eigenvalue weighted by Gasteiger charge is 2.37. The lowest BCUT2D eigenvalue weighted by Gasteiger charge is -2.24. The minimum Gasteiger partial charge on any atom is -0.396 e. The van der Waals surface area contributed by atoms with Gasteiger partial charge in [0.15, 0.2) is 0 Å². The van der Waals surface area contributed by atoms with Crippen LogP contribution in [0.25, 0.3) is 0 Å². The molecule has 0 aromatic heterocycles. The van der Waals surface area contributed by atoms with E-state index in [2.05, 4.69) is 5.32 Å². The Kier molecular flexibility index (Phi) is 17.8. The van der Waals surface area contributed by atoms with Gasteiger partial charge in [-0.25, -0.2) is 0 Å². The van der Waals surface area contributed by atoms with E-state index in [1.807, 2.05) is 0 Å². The van der Waals surface area contributed by atoms with Crippen LogP contribution in [-0.2, 0) is 26.9 Å².